The number of anilines is 1. The van der Waals surface area contributed by atoms with Crippen LogP contribution in [0.25, 0.3) is 0 Å². The van der Waals surface area contributed by atoms with Crippen LogP contribution >= 0.6 is 0 Å². The number of carbonyl (C=O) groups is 3. The molecule has 0 bridgehead atoms. The lowest BCUT2D eigenvalue weighted by Crippen LogP contribution is -2.54. The molecule has 0 radical (unpaired) electrons. The zero-order valence-corrected chi connectivity index (χ0v) is 20.7. The Morgan fingerprint density at radius 3 is 2.59 bits per heavy atom. The molecule has 0 aromatic heterocycles. The van der Waals surface area contributed by atoms with Crippen LogP contribution in [0.15, 0.2) is 42.5 Å². The summed E-state index contributed by atoms with van der Waals surface area (Å²) in [6.07, 6.45) is 1.06. The van der Waals surface area contributed by atoms with Crippen LogP contribution in [0.4, 0.5) is 10.1 Å². The summed E-state index contributed by atoms with van der Waals surface area (Å²) in [4.78, 5) is 42.1. The molecule has 10 heteroatoms. The van der Waals surface area contributed by atoms with Gasteiger partial charge in [0.05, 0.1) is 37.3 Å². The van der Waals surface area contributed by atoms with Crippen molar-refractivity contribution in [3.8, 4) is 5.75 Å². The average molecular weight is 512 g/mol. The van der Waals surface area contributed by atoms with Crippen molar-refractivity contribution in [1.82, 2.24) is 9.80 Å². The van der Waals surface area contributed by atoms with Crippen LogP contribution in [0.3, 0.4) is 0 Å². The lowest BCUT2D eigenvalue weighted by atomic mass is 9.94. The minimum Gasteiger partial charge on any atom is -0.490 e. The highest BCUT2D eigenvalue weighted by Gasteiger charge is 2.39. The van der Waals surface area contributed by atoms with Gasteiger partial charge in [0.15, 0.2) is 0 Å². The van der Waals surface area contributed by atoms with E-state index in [1.54, 1.807) is 30.1 Å². The van der Waals surface area contributed by atoms with E-state index in [0.29, 0.717) is 68.1 Å². The van der Waals surface area contributed by atoms with Crippen molar-refractivity contribution in [2.75, 3.05) is 45.3 Å². The third kappa shape index (κ3) is 5.60. The van der Waals surface area contributed by atoms with E-state index in [0.717, 1.165) is 0 Å². The van der Waals surface area contributed by atoms with E-state index in [2.05, 4.69) is 5.32 Å². The van der Waals surface area contributed by atoms with E-state index in [9.17, 15) is 18.8 Å². The molecule has 0 aliphatic carbocycles. The van der Waals surface area contributed by atoms with E-state index < -0.39 is 11.7 Å². The molecule has 0 saturated carbocycles. The monoisotopic (exact) mass is 511 g/mol. The van der Waals surface area contributed by atoms with Crippen LogP contribution in [-0.4, -0.2) is 85.7 Å². The minimum atomic E-state index is -0.427. The molecule has 3 amide bonds. The van der Waals surface area contributed by atoms with Gasteiger partial charge in [-0.05, 0) is 55.3 Å². The van der Waals surface area contributed by atoms with Crippen molar-refractivity contribution >= 4 is 23.4 Å². The number of likely N-dealkylation sites (N-methyl/N-ethyl adjacent to an activating group) is 1. The van der Waals surface area contributed by atoms with Gasteiger partial charge in [0.1, 0.15) is 24.3 Å². The number of rotatable bonds is 4. The summed E-state index contributed by atoms with van der Waals surface area (Å²) in [5.74, 6) is -0.628. The number of hydrogen-bond acceptors (Lipinski definition) is 6. The largest absolute Gasteiger partial charge is 0.490 e. The van der Waals surface area contributed by atoms with Crippen LogP contribution in [-0.2, 0) is 14.3 Å². The fourth-order valence-electron chi connectivity index (χ4n) is 5.05. The standard InChI is InChI=1S/C27H30FN3O6/c1-30-22-8-7-20(15-25(32)31-10-12-35-13-11-31)37-24(22)16-36-23-9-6-19(14-21(23)27(30)34)29-26(33)17-2-4-18(28)5-3-17/h2-6,9,14,20,22,24H,7-8,10-13,15-16H2,1H3,(H,29,33)/t20-,22+,24-/m0/s1. The van der Waals surface area contributed by atoms with Gasteiger partial charge in [0, 0.05) is 31.4 Å². The van der Waals surface area contributed by atoms with Crippen molar-refractivity contribution in [3.63, 3.8) is 0 Å². The number of nitrogens with one attached hydrogen (secondary N) is 1. The molecule has 5 rings (SSSR count). The Labute approximate surface area is 214 Å². The molecule has 3 heterocycles. The Kier molecular flexibility index (Phi) is 7.38. The Morgan fingerprint density at radius 2 is 1.84 bits per heavy atom. The summed E-state index contributed by atoms with van der Waals surface area (Å²) < 4.78 is 30.8. The number of hydrogen-bond donors (Lipinski definition) is 1. The van der Waals surface area contributed by atoms with E-state index in [1.807, 2.05) is 4.90 Å². The van der Waals surface area contributed by atoms with Gasteiger partial charge in [-0.2, -0.15) is 0 Å². The number of nitrogens with zero attached hydrogens (tertiary/aromatic N) is 2. The molecular formula is C27H30FN3O6. The molecule has 3 atom stereocenters. The molecule has 2 aromatic rings. The Bertz CT molecular complexity index is 1170. The molecule has 1 N–H and O–H groups in total. The van der Waals surface area contributed by atoms with Crippen LogP contribution in [0.1, 0.15) is 40.0 Å². The predicted molar refractivity (Wildman–Crippen MR) is 132 cm³/mol. The quantitative estimate of drug-likeness (QED) is 0.678. The van der Waals surface area contributed by atoms with Gasteiger partial charge in [-0.15, -0.1) is 0 Å². The maximum atomic E-state index is 13.4. The number of halogens is 1. The average Bonchev–Trinajstić information content (AvgIpc) is 2.92. The molecule has 37 heavy (non-hydrogen) atoms. The molecule has 2 fully saturated rings. The van der Waals surface area contributed by atoms with Crippen LogP contribution in [0, 0.1) is 5.82 Å². The van der Waals surface area contributed by atoms with Gasteiger partial charge >= 0.3 is 0 Å². The summed E-state index contributed by atoms with van der Waals surface area (Å²) >= 11 is 0. The first-order valence-corrected chi connectivity index (χ1v) is 12.5. The highest BCUT2D eigenvalue weighted by Crippen LogP contribution is 2.33. The molecule has 196 valence electrons. The van der Waals surface area contributed by atoms with Crippen molar-refractivity contribution in [3.05, 3.63) is 59.4 Å². The summed E-state index contributed by atoms with van der Waals surface area (Å²) in [5, 5.41) is 2.75. The second-order valence-electron chi connectivity index (χ2n) is 9.54. The predicted octanol–water partition coefficient (Wildman–Crippen LogP) is 2.71. The Morgan fingerprint density at radius 1 is 1.08 bits per heavy atom. The molecule has 2 aromatic carbocycles. The molecule has 9 nitrogen and oxygen atoms in total. The van der Waals surface area contributed by atoms with E-state index in [-0.39, 0.29) is 36.7 Å². The van der Waals surface area contributed by atoms with Gasteiger partial charge < -0.3 is 29.3 Å². The van der Waals surface area contributed by atoms with Gasteiger partial charge in [0.2, 0.25) is 5.91 Å². The smallest absolute Gasteiger partial charge is 0.257 e. The molecule has 3 aliphatic heterocycles. The third-order valence-electron chi connectivity index (χ3n) is 7.14. The van der Waals surface area contributed by atoms with Crippen molar-refractivity contribution in [1.29, 1.82) is 0 Å². The summed E-state index contributed by atoms with van der Waals surface area (Å²) in [5.41, 5.74) is 1.07. The summed E-state index contributed by atoms with van der Waals surface area (Å²) in [7, 11) is 1.74. The maximum Gasteiger partial charge on any atom is 0.257 e. The number of amides is 3. The first-order chi connectivity index (χ1) is 17.9. The van der Waals surface area contributed by atoms with Crippen LogP contribution in [0.2, 0.25) is 0 Å². The normalized spacial score (nSPS) is 23.7. The fourth-order valence-corrected chi connectivity index (χ4v) is 5.05. The van der Waals surface area contributed by atoms with Gasteiger partial charge in [-0.25, -0.2) is 4.39 Å². The lowest BCUT2D eigenvalue weighted by molar-refractivity contribution is -0.146. The van der Waals surface area contributed by atoms with Gasteiger partial charge in [-0.3, -0.25) is 14.4 Å². The Balaban J connectivity index is 1.26. The lowest BCUT2D eigenvalue weighted by Gasteiger charge is -2.42. The molecule has 2 saturated heterocycles. The molecule has 0 unspecified atom stereocenters. The van der Waals surface area contributed by atoms with Crippen molar-refractivity contribution in [2.45, 2.75) is 37.5 Å². The van der Waals surface area contributed by atoms with E-state index in [1.165, 1.54) is 24.3 Å². The third-order valence-corrected chi connectivity index (χ3v) is 7.14. The first-order valence-electron chi connectivity index (χ1n) is 12.5. The van der Waals surface area contributed by atoms with Crippen LogP contribution < -0.4 is 10.1 Å². The van der Waals surface area contributed by atoms with Crippen LogP contribution in [0.5, 0.6) is 5.75 Å². The van der Waals surface area contributed by atoms with Gasteiger partial charge in [-0.1, -0.05) is 0 Å². The number of carbonyl (C=O) groups excluding carboxylic acids is 3. The minimum absolute atomic E-state index is 0.0588. The van der Waals surface area contributed by atoms with E-state index >= 15 is 0 Å². The second-order valence-corrected chi connectivity index (χ2v) is 9.54. The highest BCUT2D eigenvalue weighted by molar-refractivity contribution is 6.05. The van der Waals surface area contributed by atoms with E-state index in [4.69, 9.17) is 14.2 Å². The van der Waals surface area contributed by atoms with Crippen molar-refractivity contribution < 1.29 is 33.0 Å². The second kappa shape index (κ2) is 10.9. The fraction of sp³-hybridized carbons (Fsp3) is 0.444. The maximum absolute atomic E-state index is 13.4. The number of benzene rings is 2. The zero-order valence-electron chi connectivity index (χ0n) is 20.7. The number of fused-ring (bicyclic) bond motifs is 2. The van der Waals surface area contributed by atoms with Crippen molar-refractivity contribution in [2.24, 2.45) is 0 Å². The highest BCUT2D eigenvalue weighted by atomic mass is 19.1. The molecular weight excluding hydrogens is 481 g/mol. The number of ether oxygens (including phenoxy) is 3. The number of morpholine rings is 1. The topological polar surface area (TPSA) is 97.4 Å². The zero-order chi connectivity index (χ0) is 25.9. The first kappa shape index (κ1) is 25.2. The summed E-state index contributed by atoms with van der Waals surface area (Å²) in [6, 6.07) is 9.90. The Hall–Kier alpha value is -3.50. The summed E-state index contributed by atoms with van der Waals surface area (Å²) in [6.45, 7) is 2.54. The SMILES string of the molecule is CN1C(=O)c2cc(NC(=O)c3ccc(F)cc3)ccc2OC[C@@H]2O[C@H](CC(=O)N3CCOCC3)CC[C@H]21. The molecule has 3 aliphatic rings. The molecule has 0 spiro atoms. The van der Waals surface area contributed by atoms with Gasteiger partial charge in [0.25, 0.3) is 11.8 Å².